The summed E-state index contributed by atoms with van der Waals surface area (Å²) in [7, 11) is 0. The predicted molar refractivity (Wildman–Crippen MR) is 55.2 cm³/mol. The van der Waals surface area contributed by atoms with Crippen LogP contribution in [-0.2, 0) is 0 Å². The van der Waals surface area contributed by atoms with E-state index >= 15 is 0 Å². The minimum absolute atomic E-state index is 0.753. The molecule has 2 atom stereocenters. The second-order valence-electron chi connectivity index (χ2n) is 4.86. The third-order valence-electron chi connectivity index (χ3n) is 4.00. The highest BCUT2D eigenvalue weighted by molar-refractivity contribution is 4.95. The molecule has 0 aromatic carbocycles. The summed E-state index contributed by atoms with van der Waals surface area (Å²) in [5, 5.41) is 0. The summed E-state index contributed by atoms with van der Waals surface area (Å²) in [5.41, 5.74) is 0.753. The smallest absolute Gasteiger partial charge is 0.0269 e. The molecule has 1 fully saturated rings. The summed E-state index contributed by atoms with van der Waals surface area (Å²) in [6.45, 7) is 9.49. The summed E-state index contributed by atoms with van der Waals surface area (Å²) < 4.78 is 0. The van der Waals surface area contributed by atoms with Crippen LogP contribution in [0.2, 0.25) is 0 Å². The van der Waals surface area contributed by atoms with E-state index in [0.717, 1.165) is 17.3 Å². The van der Waals surface area contributed by atoms with Crippen molar-refractivity contribution in [3.05, 3.63) is 0 Å². The Morgan fingerprint density at radius 2 is 2.00 bits per heavy atom. The Balaban J connectivity index is 2.55. The fraction of sp³-hybridized carbons (Fsp3) is 1.00. The van der Waals surface area contributed by atoms with Gasteiger partial charge in [0.2, 0.25) is 0 Å². The van der Waals surface area contributed by atoms with Crippen molar-refractivity contribution < 1.29 is 0 Å². The van der Waals surface area contributed by atoms with Crippen LogP contribution in [0.25, 0.3) is 0 Å². The van der Waals surface area contributed by atoms with Crippen LogP contribution in [-0.4, -0.2) is 0 Å². The van der Waals surface area contributed by atoms with Crippen LogP contribution in [0.5, 0.6) is 0 Å². The molecule has 1 aliphatic carbocycles. The molecule has 0 radical (unpaired) electrons. The van der Waals surface area contributed by atoms with E-state index < -0.39 is 0 Å². The second kappa shape index (κ2) is 3.81. The van der Waals surface area contributed by atoms with Gasteiger partial charge >= 0.3 is 0 Å². The van der Waals surface area contributed by atoms with Crippen LogP contribution in [0.15, 0.2) is 0 Å². The average Bonchev–Trinajstić information content (AvgIpc) is 1.96. The van der Waals surface area contributed by atoms with Crippen LogP contribution >= 0.6 is 0 Å². The van der Waals surface area contributed by atoms with E-state index in [-0.39, 0.29) is 0 Å². The van der Waals surface area contributed by atoms with E-state index in [1.807, 2.05) is 0 Å². The lowest BCUT2D eigenvalue weighted by molar-refractivity contribution is -0.0167. The molecule has 12 heavy (non-hydrogen) atoms. The Bertz CT molecular complexity index is 133. The molecule has 0 heterocycles. The SMILES string of the molecule is CCCC1(CC)CCC1C(C)C. The normalized spacial score (nSPS) is 35.2. The quantitative estimate of drug-likeness (QED) is 0.588. The first kappa shape index (κ1) is 10.1. The van der Waals surface area contributed by atoms with E-state index in [1.54, 1.807) is 0 Å². The van der Waals surface area contributed by atoms with Crippen molar-refractivity contribution in [1.82, 2.24) is 0 Å². The van der Waals surface area contributed by atoms with Crippen LogP contribution in [0, 0.1) is 17.3 Å². The van der Waals surface area contributed by atoms with E-state index in [2.05, 4.69) is 27.7 Å². The van der Waals surface area contributed by atoms with Crippen LogP contribution in [0.4, 0.5) is 0 Å². The third kappa shape index (κ3) is 1.53. The molecule has 0 saturated heterocycles. The second-order valence-corrected chi connectivity index (χ2v) is 4.86. The molecule has 72 valence electrons. The molecular weight excluding hydrogens is 144 g/mol. The van der Waals surface area contributed by atoms with Gasteiger partial charge in [0.15, 0.2) is 0 Å². The Kier molecular flexibility index (Phi) is 3.20. The maximum atomic E-state index is 2.39. The summed E-state index contributed by atoms with van der Waals surface area (Å²) >= 11 is 0. The van der Waals surface area contributed by atoms with Gasteiger partial charge < -0.3 is 0 Å². The molecule has 0 N–H and O–H groups in total. The molecule has 0 aliphatic heterocycles. The van der Waals surface area contributed by atoms with Crippen molar-refractivity contribution in [3.8, 4) is 0 Å². The lowest BCUT2D eigenvalue weighted by atomic mass is 9.53. The highest BCUT2D eigenvalue weighted by Crippen LogP contribution is 2.55. The molecule has 0 heteroatoms. The Morgan fingerprint density at radius 3 is 2.25 bits per heavy atom. The fourth-order valence-electron chi connectivity index (χ4n) is 3.18. The van der Waals surface area contributed by atoms with E-state index in [9.17, 15) is 0 Å². The average molecular weight is 168 g/mol. The summed E-state index contributed by atoms with van der Waals surface area (Å²) in [6.07, 6.45) is 7.23. The number of hydrogen-bond donors (Lipinski definition) is 0. The van der Waals surface area contributed by atoms with Gasteiger partial charge in [-0.25, -0.2) is 0 Å². The number of rotatable bonds is 4. The highest BCUT2D eigenvalue weighted by Gasteiger charge is 2.45. The van der Waals surface area contributed by atoms with Gasteiger partial charge in [-0.2, -0.15) is 0 Å². The number of hydrogen-bond acceptors (Lipinski definition) is 0. The van der Waals surface area contributed by atoms with E-state index in [1.165, 1.54) is 32.1 Å². The molecule has 0 aromatic heterocycles. The maximum absolute atomic E-state index is 2.39. The van der Waals surface area contributed by atoms with Crippen molar-refractivity contribution in [2.75, 3.05) is 0 Å². The van der Waals surface area contributed by atoms with Gasteiger partial charge in [0, 0.05) is 0 Å². The standard InChI is InChI=1S/C12H24/c1-5-8-12(6-2)9-7-11(12)10(3)4/h10-11H,5-9H2,1-4H3. The van der Waals surface area contributed by atoms with Crippen LogP contribution in [0.3, 0.4) is 0 Å². The Hall–Kier alpha value is 0. The first-order valence-electron chi connectivity index (χ1n) is 5.66. The highest BCUT2D eigenvalue weighted by atomic mass is 14.5. The van der Waals surface area contributed by atoms with Crippen molar-refractivity contribution >= 4 is 0 Å². The van der Waals surface area contributed by atoms with Gasteiger partial charge in [-0.15, -0.1) is 0 Å². The monoisotopic (exact) mass is 168 g/mol. The maximum Gasteiger partial charge on any atom is -0.0269 e. The predicted octanol–water partition coefficient (Wildman–Crippen LogP) is 4.25. The lowest BCUT2D eigenvalue weighted by Gasteiger charge is -2.52. The van der Waals surface area contributed by atoms with Gasteiger partial charge in [-0.3, -0.25) is 0 Å². The van der Waals surface area contributed by atoms with Gasteiger partial charge in [0.05, 0.1) is 0 Å². The minimum atomic E-state index is 0.753. The van der Waals surface area contributed by atoms with Gasteiger partial charge in [0.1, 0.15) is 0 Å². The molecule has 0 nitrogen and oxygen atoms in total. The molecule has 1 saturated carbocycles. The van der Waals surface area contributed by atoms with E-state index in [4.69, 9.17) is 0 Å². The zero-order chi connectivity index (χ0) is 9.19. The van der Waals surface area contributed by atoms with Crippen molar-refractivity contribution in [3.63, 3.8) is 0 Å². The summed E-state index contributed by atoms with van der Waals surface area (Å²) in [6, 6.07) is 0. The molecule has 0 bridgehead atoms. The van der Waals surface area contributed by atoms with Crippen LogP contribution < -0.4 is 0 Å². The zero-order valence-corrected chi connectivity index (χ0v) is 9.19. The van der Waals surface area contributed by atoms with Gasteiger partial charge in [-0.1, -0.05) is 40.5 Å². The molecule has 1 rings (SSSR count). The van der Waals surface area contributed by atoms with Crippen molar-refractivity contribution in [2.24, 2.45) is 17.3 Å². The summed E-state index contributed by atoms with van der Waals surface area (Å²) in [4.78, 5) is 0. The fourth-order valence-corrected chi connectivity index (χ4v) is 3.18. The molecule has 0 aromatic rings. The topological polar surface area (TPSA) is 0 Å². The summed E-state index contributed by atoms with van der Waals surface area (Å²) in [5.74, 6) is 1.94. The van der Waals surface area contributed by atoms with E-state index in [0.29, 0.717) is 0 Å². The molecule has 1 aliphatic rings. The molecular formula is C12H24. The lowest BCUT2D eigenvalue weighted by Crippen LogP contribution is -2.42. The first-order valence-corrected chi connectivity index (χ1v) is 5.66. The van der Waals surface area contributed by atoms with Gasteiger partial charge in [0.25, 0.3) is 0 Å². The zero-order valence-electron chi connectivity index (χ0n) is 9.19. The molecule has 2 unspecified atom stereocenters. The van der Waals surface area contributed by atoms with Crippen molar-refractivity contribution in [2.45, 2.75) is 59.8 Å². The largest absolute Gasteiger partial charge is 0.0654 e. The third-order valence-corrected chi connectivity index (χ3v) is 4.00. The minimum Gasteiger partial charge on any atom is -0.0654 e. The van der Waals surface area contributed by atoms with Gasteiger partial charge in [-0.05, 0) is 36.5 Å². The molecule has 0 amide bonds. The first-order chi connectivity index (χ1) is 5.66. The van der Waals surface area contributed by atoms with Crippen LogP contribution in [0.1, 0.15) is 59.8 Å². The Morgan fingerprint density at radius 1 is 1.33 bits per heavy atom. The Labute approximate surface area is 77.7 Å². The molecule has 0 spiro atoms. The van der Waals surface area contributed by atoms with Crippen molar-refractivity contribution in [1.29, 1.82) is 0 Å².